The number of nitrogens with one attached hydrogen (secondary N) is 1. The average Bonchev–Trinajstić information content (AvgIpc) is 2.41. The molecule has 0 amide bonds. The number of fused-ring (bicyclic) bond motifs is 1. The summed E-state index contributed by atoms with van der Waals surface area (Å²) in [5.74, 6) is 4.83. The highest BCUT2D eigenvalue weighted by Gasteiger charge is 2.32. The smallest absolute Gasteiger partial charge is 0.129 e. The average molecular weight is 274 g/mol. The Morgan fingerprint density at radius 2 is 2.00 bits per heavy atom. The summed E-state index contributed by atoms with van der Waals surface area (Å²) in [4.78, 5) is 0. The second-order valence-corrected chi connectivity index (χ2v) is 5.22. The van der Waals surface area contributed by atoms with Crippen LogP contribution < -0.4 is 11.3 Å². The van der Waals surface area contributed by atoms with E-state index in [1.807, 2.05) is 12.1 Å². The van der Waals surface area contributed by atoms with Gasteiger partial charge in [0, 0.05) is 18.0 Å². The van der Waals surface area contributed by atoms with Gasteiger partial charge in [0.25, 0.3) is 0 Å². The van der Waals surface area contributed by atoms with Gasteiger partial charge >= 0.3 is 0 Å². The molecule has 2 unspecified atom stereocenters. The van der Waals surface area contributed by atoms with E-state index in [4.69, 9.17) is 5.84 Å². The maximum atomic E-state index is 13.7. The number of hydrogen-bond donors (Lipinski definition) is 2. The van der Waals surface area contributed by atoms with E-state index in [1.165, 1.54) is 23.3 Å². The summed E-state index contributed by atoms with van der Waals surface area (Å²) < 4.78 is 26.6. The summed E-state index contributed by atoms with van der Waals surface area (Å²) in [6.45, 7) is 0. The van der Waals surface area contributed by atoms with E-state index in [1.54, 1.807) is 0 Å². The third kappa shape index (κ3) is 2.32. The lowest BCUT2D eigenvalue weighted by molar-refractivity contribution is 0.398. The van der Waals surface area contributed by atoms with Crippen molar-refractivity contribution in [1.82, 2.24) is 5.43 Å². The van der Waals surface area contributed by atoms with E-state index in [2.05, 4.69) is 17.6 Å². The molecule has 1 aliphatic rings. The van der Waals surface area contributed by atoms with Gasteiger partial charge in [-0.1, -0.05) is 30.3 Å². The number of benzene rings is 2. The van der Waals surface area contributed by atoms with Crippen molar-refractivity contribution in [3.63, 3.8) is 0 Å². The monoisotopic (exact) mass is 274 g/mol. The first-order valence-electron chi connectivity index (χ1n) is 6.67. The van der Waals surface area contributed by atoms with E-state index in [-0.39, 0.29) is 12.0 Å². The van der Waals surface area contributed by atoms with E-state index >= 15 is 0 Å². The Kier molecular flexibility index (Phi) is 3.51. The van der Waals surface area contributed by atoms with Crippen LogP contribution in [-0.2, 0) is 12.8 Å². The van der Waals surface area contributed by atoms with Crippen LogP contribution in [-0.4, -0.2) is 6.04 Å². The van der Waals surface area contributed by atoms with Gasteiger partial charge in [-0.3, -0.25) is 11.3 Å². The molecule has 3 rings (SSSR count). The van der Waals surface area contributed by atoms with Crippen LogP contribution in [0.4, 0.5) is 8.78 Å². The molecular weight excluding hydrogens is 258 g/mol. The third-order valence-electron chi connectivity index (χ3n) is 4.05. The van der Waals surface area contributed by atoms with Gasteiger partial charge in [-0.2, -0.15) is 0 Å². The number of hydrogen-bond acceptors (Lipinski definition) is 2. The van der Waals surface area contributed by atoms with Gasteiger partial charge in [0.2, 0.25) is 0 Å². The fraction of sp³-hybridized carbons (Fsp3) is 0.250. The van der Waals surface area contributed by atoms with Crippen molar-refractivity contribution in [2.75, 3.05) is 0 Å². The molecule has 3 N–H and O–H groups in total. The van der Waals surface area contributed by atoms with E-state index in [0.29, 0.717) is 12.0 Å². The number of nitrogens with two attached hydrogens (primary N) is 1. The lowest BCUT2D eigenvalue weighted by atomic mass is 9.72. The standard InChI is InChI=1S/C16H16F2N2/c17-12-6-5-11(15(18)9-12)8-16(20-19)14-7-10-3-1-2-4-13(10)14/h1-6,9,14,16,20H,7-8,19H2. The van der Waals surface area contributed by atoms with Crippen LogP contribution in [0.3, 0.4) is 0 Å². The van der Waals surface area contributed by atoms with Crippen LogP contribution in [0.5, 0.6) is 0 Å². The van der Waals surface area contributed by atoms with Crippen molar-refractivity contribution in [3.05, 3.63) is 70.8 Å². The first kappa shape index (κ1) is 13.2. The number of rotatable bonds is 4. The minimum atomic E-state index is -0.558. The normalized spacial score (nSPS) is 18.2. The molecule has 0 heterocycles. The first-order chi connectivity index (χ1) is 9.69. The van der Waals surface area contributed by atoms with E-state index in [9.17, 15) is 8.78 Å². The number of hydrazine groups is 1. The summed E-state index contributed by atoms with van der Waals surface area (Å²) in [6.07, 6.45) is 1.38. The van der Waals surface area contributed by atoms with E-state index in [0.717, 1.165) is 12.5 Å². The Bertz CT molecular complexity index is 628. The lowest BCUT2D eigenvalue weighted by Crippen LogP contribution is -2.45. The molecule has 0 saturated heterocycles. The fourth-order valence-corrected chi connectivity index (χ4v) is 2.90. The summed E-state index contributed by atoms with van der Waals surface area (Å²) in [5, 5.41) is 0. The molecule has 2 nitrogen and oxygen atoms in total. The largest absolute Gasteiger partial charge is 0.271 e. The molecule has 1 aliphatic carbocycles. The summed E-state index contributed by atoms with van der Waals surface area (Å²) in [5.41, 5.74) is 5.84. The molecule has 0 aliphatic heterocycles. The quantitative estimate of drug-likeness (QED) is 0.664. The molecule has 4 heteroatoms. The minimum absolute atomic E-state index is 0.0511. The van der Waals surface area contributed by atoms with Crippen molar-refractivity contribution in [3.8, 4) is 0 Å². The molecule has 2 aromatic carbocycles. The predicted molar refractivity (Wildman–Crippen MR) is 74.1 cm³/mol. The van der Waals surface area contributed by atoms with E-state index < -0.39 is 11.6 Å². The van der Waals surface area contributed by atoms with Crippen LogP contribution in [0.2, 0.25) is 0 Å². The Morgan fingerprint density at radius 1 is 1.20 bits per heavy atom. The van der Waals surface area contributed by atoms with Gasteiger partial charge in [0.1, 0.15) is 11.6 Å². The van der Waals surface area contributed by atoms with Gasteiger partial charge in [-0.15, -0.1) is 0 Å². The topological polar surface area (TPSA) is 38.0 Å². The van der Waals surface area contributed by atoms with Crippen LogP contribution in [0, 0.1) is 11.6 Å². The minimum Gasteiger partial charge on any atom is -0.271 e. The van der Waals surface area contributed by atoms with Gasteiger partial charge < -0.3 is 0 Å². The highest BCUT2D eigenvalue weighted by atomic mass is 19.1. The second-order valence-electron chi connectivity index (χ2n) is 5.22. The Labute approximate surface area is 116 Å². The molecule has 0 fully saturated rings. The van der Waals surface area contributed by atoms with Gasteiger partial charge in [-0.05, 0) is 35.6 Å². The zero-order valence-corrected chi connectivity index (χ0v) is 10.9. The van der Waals surface area contributed by atoms with Crippen LogP contribution in [0.25, 0.3) is 0 Å². The Morgan fingerprint density at radius 3 is 2.70 bits per heavy atom. The molecule has 20 heavy (non-hydrogen) atoms. The lowest BCUT2D eigenvalue weighted by Gasteiger charge is -2.36. The molecule has 0 radical (unpaired) electrons. The van der Waals surface area contributed by atoms with Crippen molar-refractivity contribution < 1.29 is 8.78 Å². The summed E-state index contributed by atoms with van der Waals surface area (Å²) >= 11 is 0. The molecule has 0 aromatic heterocycles. The van der Waals surface area contributed by atoms with Crippen molar-refractivity contribution in [2.24, 2.45) is 5.84 Å². The van der Waals surface area contributed by atoms with Crippen LogP contribution >= 0.6 is 0 Å². The number of halogens is 2. The van der Waals surface area contributed by atoms with Gasteiger partial charge in [0.15, 0.2) is 0 Å². The van der Waals surface area contributed by atoms with Crippen LogP contribution in [0.1, 0.15) is 22.6 Å². The SMILES string of the molecule is NNC(Cc1ccc(F)cc1F)C1Cc2ccccc21. The summed E-state index contributed by atoms with van der Waals surface area (Å²) in [6, 6.07) is 11.8. The maximum absolute atomic E-state index is 13.7. The van der Waals surface area contributed by atoms with Crippen molar-refractivity contribution in [2.45, 2.75) is 24.8 Å². The Balaban J connectivity index is 1.79. The molecule has 0 saturated carbocycles. The zero-order chi connectivity index (χ0) is 14.1. The van der Waals surface area contributed by atoms with Crippen molar-refractivity contribution >= 4 is 0 Å². The third-order valence-corrected chi connectivity index (χ3v) is 4.05. The predicted octanol–water partition coefficient (Wildman–Crippen LogP) is 2.68. The molecular formula is C16H16F2N2. The van der Waals surface area contributed by atoms with Crippen molar-refractivity contribution in [1.29, 1.82) is 0 Å². The molecule has 104 valence electrons. The van der Waals surface area contributed by atoms with Gasteiger partial charge in [0.05, 0.1) is 0 Å². The second kappa shape index (κ2) is 5.31. The van der Waals surface area contributed by atoms with Crippen LogP contribution in [0.15, 0.2) is 42.5 Å². The molecule has 0 bridgehead atoms. The fourth-order valence-electron chi connectivity index (χ4n) is 2.90. The first-order valence-corrected chi connectivity index (χ1v) is 6.67. The highest BCUT2D eigenvalue weighted by Crippen LogP contribution is 2.38. The Hall–Kier alpha value is -1.78. The summed E-state index contributed by atoms with van der Waals surface area (Å²) in [7, 11) is 0. The van der Waals surface area contributed by atoms with Gasteiger partial charge in [-0.25, -0.2) is 8.78 Å². The molecule has 2 aromatic rings. The maximum Gasteiger partial charge on any atom is 0.129 e. The zero-order valence-electron chi connectivity index (χ0n) is 10.9. The highest BCUT2D eigenvalue weighted by molar-refractivity contribution is 5.41. The molecule has 2 atom stereocenters. The molecule has 0 spiro atoms.